The number of thioether (sulfide) groups is 1. The largest absolute Gasteiger partial charge is 0.431 e. The minimum atomic E-state index is -3.36. The topological polar surface area (TPSA) is 89.3 Å². The lowest BCUT2D eigenvalue weighted by Crippen LogP contribution is -2.10. The van der Waals surface area contributed by atoms with Gasteiger partial charge in [0.05, 0.1) is 12.0 Å². The number of oxazole rings is 1. The smallest absolute Gasteiger partial charge is 0.257 e. The first-order valence-corrected chi connectivity index (χ1v) is 12.6. The van der Waals surface area contributed by atoms with E-state index in [4.69, 9.17) is 4.42 Å². The summed E-state index contributed by atoms with van der Waals surface area (Å²) in [6.07, 6.45) is 1.08. The Labute approximate surface area is 190 Å². The number of hydrogen-bond donors (Lipinski definition) is 1. The SMILES string of the molecule is CS(=O)(=O)Nc1ccc(C(=O)CSc2nc(-c3ccccc3)c(-c3ccccc3)o2)cc1. The van der Waals surface area contributed by atoms with E-state index in [-0.39, 0.29) is 11.5 Å². The van der Waals surface area contributed by atoms with Gasteiger partial charge in [-0.05, 0) is 24.3 Å². The Balaban J connectivity index is 1.52. The Kier molecular flexibility index (Phi) is 6.43. The highest BCUT2D eigenvalue weighted by molar-refractivity contribution is 7.99. The molecule has 6 nitrogen and oxygen atoms in total. The molecule has 1 aromatic heterocycles. The van der Waals surface area contributed by atoms with Gasteiger partial charge in [-0.1, -0.05) is 72.4 Å². The maximum atomic E-state index is 12.6. The normalized spacial score (nSPS) is 11.3. The van der Waals surface area contributed by atoms with E-state index in [1.807, 2.05) is 60.7 Å². The minimum Gasteiger partial charge on any atom is -0.431 e. The molecule has 0 saturated carbocycles. The maximum absolute atomic E-state index is 12.6. The van der Waals surface area contributed by atoms with Crippen molar-refractivity contribution in [3.8, 4) is 22.6 Å². The summed E-state index contributed by atoms with van der Waals surface area (Å²) in [5.41, 5.74) is 3.45. The number of sulfonamides is 1. The molecule has 0 amide bonds. The van der Waals surface area contributed by atoms with Crippen LogP contribution in [0.25, 0.3) is 22.6 Å². The highest BCUT2D eigenvalue weighted by Crippen LogP contribution is 2.35. The molecule has 4 aromatic rings. The number of ketones is 1. The average Bonchev–Trinajstić information content (AvgIpc) is 3.22. The van der Waals surface area contributed by atoms with Gasteiger partial charge in [0.1, 0.15) is 5.69 Å². The average molecular weight is 465 g/mol. The third-order valence-corrected chi connectivity index (χ3v) is 5.96. The first-order chi connectivity index (χ1) is 15.4. The summed E-state index contributed by atoms with van der Waals surface area (Å²) in [7, 11) is -3.36. The van der Waals surface area contributed by atoms with Gasteiger partial charge < -0.3 is 4.42 Å². The van der Waals surface area contributed by atoms with E-state index < -0.39 is 10.0 Å². The number of nitrogens with zero attached hydrogens (tertiary/aromatic N) is 1. The molecule has 8 heteroatoms. The van der Waals surface area contributed by atoms with Gasteiger partial charge in [0.25, 0.3) is 5.22 Å². The summed E-state index contributed by atoms with van der Waals surface area (Å²) in [5.74, 6) is 0.687. The number of benzene rings is 3. The molecule has 0 radical (unpaired) electrons. The lowest BCUT2D eigenvalue weighted by Gasteiger charge is -2.04. The fourth-order valence-electron chi connectivity index (χ4n) is 3.09. The second-order valence-corrected chi connectivity index (χ2v) is 9.73. The summed E-state index contributed by atoms with van der Waals surface area (Å²) in [6, 6.07) is 25.8. The van der Waals surface area contributed by atoms with E-state index >= 15 is 0 Å². The van der Waals surface area contributed by atoms with Crippen molar-refractivity contribution in [2.24, 2.45) is 0 Å². The molecule has 0 aliphatic rings. The standard InChI is InChI=1S/C24H20N2O4S2/c1-32(28,29)26-20-14-12-17(13-15-20)21(27)16-31-24-25-22(18-8-4-2-5-9-18)23(30-24)19-10-6-3-7-11-19/h2-15,26H,16H2,1H3. The predicted molar refractivity (Wildman–Crippen MR) is 127 cm³/mol. The molecule has 0 bridgehead atoms. The number of rotatable bonds is 8. The van der Waals surface area contributed by atoms with E-state index in [0.717, 1.165) is 23.1 Å². The van der Waals surface area contributed by atoms with Crippen molar-refractivity contribution in [2.45, 2.75) is 5.22 Å². The molecule has 3 aromatic carbocycles. The Hall–Kier alpha value is -3.36. The third-order valence-electron chi connectivity index (χ3n) is 4.53. The van der Waals surface area contributed by atoms with Crippen molar-refractivity contribution in [3.63, 3.8) is 0 Å². The van der Waals surface area contributed by atoms with Crippen LogP contribution in [0.2, 0.25) is 0 Å². The molecule has 0 unspecified atom stereocenters. The maximum Gasteiger partial charge on any atom is 0.257 e. The van der Waals surface area contributed by atoms with Gasteiger partial charge in [0.2, 0.25) is 10.0 Å². The van der Waals surface area contributed by atoms with Crippen molar-refractivity contribution < 1.29 is 17.6 Å². The molecule has 32 heavy (non-hydrogen) atoms. The number of Topliss-reactive ketones (excluding diaryl/α,β-unsaturated/α-hetero) is 1. The molecular weight excluding hydrogens is 444 g/mol. The Morgan fingerprint density at radius 2 is 1.50 bits per heavy atom. The number of carbonyl (C=O) groups is 1. The van der Waals surface area contributed by atoms with E-state index in [0.29, 0.717) is 22.2 Å². The van der Waals surface area contributed by atoms with Crippen molar-refractivity contribution in [1.29, 1.82) is 0 Å². The highest BCUT2D eigenvalue weighted by atomic mass is 32.2. The van der Waals surface area contributed by atoms with Crippen LogP contribution in [-0.2, 0) is 10.0 Å². The quantitative estimate of drug-likeness (QED) is 0.279. The van der Waals surface area contributed by atoms with Crippen LogP contribution in [0.5, 0.6) is 0 Å². The number of aromatic nitrogens is 1. The van der Waals surface area contributed by atoms with Crippen LogP contribution in [0.3, 0.4) is 0 Å². The molecular formula is C24H20N2O4S2. The fourth-order valence-corrected chi connectivity index (χ4v) is 4.37. The Morgan fingerprint density at radius 3 is 2.09 bits per heavy atom. The van der Waals surface area contributed by atoms with Crippen molar-refractivity contribution >= 4 is 33.3 Å². The fraction of sp³-hybridized carbons (Fsp3) is 0.0833. The van der Waals surface area contributed by atoms with Crippen molar-refractivity contribution in [1.82, 2.24) is 4.98 Å². The summed E-state index contributed by atoms with van der Waals surface area (Å²) >= 11 is 1.22. The summed E-state index contributed by atoms with van der Waals surface area (Å²) in [6.45, 7) is 0. The van der Waals surface area contributed by atoms with Crippen LogP contribution >= 0.6 is 11.8 Å². The van der Waals surface area contributed by atoms with E-state index in [9.17, 15) is 13.2 Å². The third kappa shape index (κ3) is 5.46. The van der Waals surface area contributed by atoms with Crippen LogP contribution in [0.1, 0.15) is 10.4 Å². The molecule has 0 spiro atoms. The number of carbonyl (C=O) groups excluding carboxylic acids is 1. The second-order valence-electron chi connectivity index (χ2n) is 7.05. The molecule has 0 aliphatic carbocycles. The summed E-state index contributed by atoms with van der Waals surface area (Å²) in [4.78, 5) is 17.3. The van der Waals surface area contributed by atoms with Gasteiger partial charge in [-0.15, -0.1) is 0 Å². The van der Waals surface area contributed by atoms with Gasteiger partial charge in [-0.2, -0.15) is 0 Å². The number of nitrogens with one attached hydrogen (secondary N) is 1. The number of anilines is 1. The van der Waals surface area contributed by atoms with E-state index in [1.54, 1.807) is 24.3 Å². The molecule has 0 fully saturated rings. The van der Waals surface area contributed by atoms with Gasteiger partial charge in [0, 0.05) is 22.4 Å². The van der Waals surface area contributed by atoms with E-state index in [2.05, 4.69) is 9.71 Å². The van der Waals surface area contributed by atoms with Crippen LogP contribution in [0, 0.1) is 0 Å². The van der Waals surface area contributed by atoms with Crippen LogP contribution in [0.15, 0.2) is 94.6 Å². The van der Waals surface area contributed by atoms with Gasteiger partial charge in [-0.3, -0.25) is 9.52 Å². The van der Waals surface area contributed by atoms with Crippen molar-refractivity contribution in [3.05, 3.63) is 90.5 Å². The van der Waals surface area contributed by atoms with Crippen LogP contribution in [0.4, 0.5) is 5.69 Å². The highest BCUT2D eigenvalue weighted by Gasteiger charge is 2.18. The second kappa shape index (κ2) is 9.42. The van der Waals surface area contributed by atoms with Crippen LogP contribution in [-0.4, -0.2) is 31.2 Å². The first-order valence-electron chi connectivity index (χ1n) is 9.74. The molecule has 1 heterocycles. The molecule has 0 saturated heterocycles. The molecule has 162 valence electrons. The summed E-state index contributed by atoms with van der Waals surface area (Å²) < 4.78 is 31.0. The zero-order chi connectivity index (χ0) is 22.6. The molecule has 0 aliphatic heterocycles. The molecule has 1 N–H and O–H groups in total. The zero-order valence-electron chi connectivity index (χ0n) is 17.2. The molecule has 0 atom stereocenters. The lowest BCUT2D eigenvalue weighted by molar-refractivity contribution is 0.102. The molecule has 4 rings (SSSR count). The van der Waals surface area contributed by atoms with Gasteiger partial charge in [-0.25, -0.2) is 13.4 Å². The Morgan fingerprint density at radius 1 is 0.906 bits per heavy atom. The summed E-state index contributed by atoms with van der Waals surface area (Å²) in [5, 5.41) is 0.409. The zero-order valence-corrected chi connectivity index (χ0v) is 18.8. The Bertz CT molecular complexity index is 1260. The number of hydrogen-bond acceptors (Lipinski definition) is 6. The first kappa shape index (κ1) is 21.9. The monoisotopic (exact) mass is 464 g/mol. The van der Waals surface area contributed by atoms with Crippen LogP contribution < -0.4 is 4.72 Å². The van der Waals surface area contributed by atoms with Crippen molar-refractivity contribution in [2.75, 3.05) is 16.7 Å². The predicted octanol–water partition coefficient (Wildman–Crippen LogP) is 5.36. The minimum absolute atomic E-state index is 0.110. The lowest BCUT2D eigenvalue weighted by atomic mass is 10.1. The van der Waals surface area contributed by atoms with Gasteiger partial charge in [0.15, 0.2) is 11.5 Å². The van der Waals surface area contributed by atoms with Gasteiger partial charge >= 0.3 is 0 Å². The van der Waals surface area contributed by atoms with E-state index in [1.165, 1.54) is 11.8 Å².